The number of carbonyl (C=O) groups is 1. The molecule has 0 aromatic carbocycles. The minimum absolute atomic E-state index is 0.0971. The van der Waals surface area contributed by atoms with E-state index in [1.165, 1.54) is 23.2 Å². The van der Waals surface area contributed by atoms with Crippen LogP contribution in [0, 0.1) is 0 Å². The zero-order valence-electron chi connectivity index (χ0n) is 10.3. The van der Waals surface area contributed by atoms with Gasteiger partial charge in [0.1, 0.15) is 0 Å². The van der Waals surface area contributed by atoms with Gasteiger partial charge in [-0.3, -0.25) is 18.7 Å². The van der Waals surface area contributed by atoms with Crippen molar-refractivity contribution in [1.82, 2.24) is 18.7 Å². The first-order chi connectivity index (χ1) is 8.84. The molecule has 0 fully saturated rings. The molecule has 0 spiro atoms. The van der Waals surface area contributed by atoms with Crippen molar-refractivity contribution in [2.24, 2.45) is 14.1 Å². The number of rotatable bonds is 3. The molecule has 9 heteroatoms. The normalized spacial score (nSPS) is 11.1. The minimum atomic E-state index is -0.976. The molecule has 19 heavy (non-hydrogen) atoms. The van der Waals surface area contributed by atoms with E-state index >= 15 is 0 Å². The Morgan fingerprint density at radius 3 is 2.53 bits per heavy atom. The number of imidazole rings is 1. The minimum Gasteiger partial charge on any atom is -0.481 e. The van der Waals surface area contributed by atoms with Gasteiger partial charge in [0.2, 0.25) is 0 Å². The maximum atomic E-state index is 12.1. The van der Waals surface area contributed by atoms with Crippen molar-refractivity contribution in [3.05, 3.63) is 25.6 Å². The third kappa shape index (κ3) is 2.09. The van der Waals surface area contributed by atoms with Crippen LogP contribution in [0.4, 0.5) is 0 Å². The van der Waals surface area contributed by atoms with Gasteiger partial charge in [-0.25, -0.2) is 9.78 Å². The maximum Gasteiger partial charge on any atom is 0.332 e. The Morgan fingerprint density at radius 1 is 1.32 bits per heavy atom. The largest absolute Gasteiger partial charge is 0.481 e. The molecule has 0 atom stereocenters. The van der Waals surface area contributed by atoms with Crippen LogP contribution >= 0.6 is 15.9 Å². The van der Waals surface area contributed by atoms with E-state index in [1.807, 2.05) is 0 Å². The van der Waals surface area contributed by atoms with Gasteiger partial charge in [0, 0.05) is 20.6 Å². The second kappa shape index (κ2) is 4.65. The summed E-state index contributed by atoms with van der Waals surface area (Å²) in [6.07, 6.45) is -0.143. The Labute approximate surface area is 115 Å². The fourth-order valence-corrected chi connectivity index (χ4v) is 2.35. The Kier molecular flexibility index (Phi) is 3.31. The summed E-state index contributed by atoms with van der Waals surface area (Å²) < 4.78 is 3.99. The number of carboxylic acids is 1. The summed E-state index contributed by atoms with van der Waals surface area (Å²) in [5.41, 5.74) is -0.544. The van der Waals surface area contributed by atoms with Crippen molar-refractivity contribution in [3.63, 3.8) is 0 Å². The predicted molar refractivity (Wildman–Crippen MR) is 70.2 cm³/mol. The van der Waals surface area contributed by atoms with Gasteiger partial charge in [-0.05, 0) is 15.9 Å². The lowest BCUT2D eigenvalue weighted by Gasteiger charge is -2.05. The molecule has 0 unspecified atom stereocenters. The number of aromatic nitrogens is 4. The fourth-order valence-electron chi connectivity index (χ4n) is 1.83. The molecule has 0 saturated heterocycles. The van der Waals surface area contributed by atoms with E-state index < -0.39 is 17.2 Å². The van der Waals surface area contributed by atoms with Crippen molar-refractivity contribution in [2.75, 3.05) is 0 Å². The maximum absolute atomic E-state index is 12.1. The van der Waals surface area contributed by atoms with Crippen LogP contribution in [0.1, 0.15) is 6.42 Å². The number of halogens is 1. The van der Waals surface area contributed by atoms with Crippen LogP contribution in [-0.2, 0) is 25.4 Å². The highest BCUT2D eigenvalue weighted by atomic mass is 79.9. The lowest BCUT2D eigenvalue weighted by Crippen LogP contribution is -2.37. The van der Waals surface area contributed by atoms with Crippen molar-refractivity contribution in [1.29, 1.82) is 0 Å². The summed E-state index contributed by atoms with van der Waals surface area (Å²) in [6.45, 7) is 0.0971. The smallest absolute Gasteiger partial charge is 0.332 e. The van der Waals surface area contributed by atoms with Crippen LogP contribution < -0.4 is 11.2 Å². The van der Waals surface area contributed by atoms with Crippen LogP contribution in [0.15, 0.2) is 14.3 Å². The van der Waals surface area contributed by atoms with E-state index in [-0.39, 0.29) is 24.1 Å². The molecule has 0 aliphatic heterocycles. The molecule has 2 heterocycles. The lowest BCUT2D eigenvalue weighted by molar-refractivity contribution is -0.137. The Bertz CT molecular complexity index is 785. The molecule has 2 aromatic heterocycles. The molecule has 0 amide bonds. The number of nitrogens with zero attached hydrogens (tertiary/aromatic N) is 4. The van der Waals surface area contributed by atoms with E-state index in [0.29, 0.717) is 4.73 Å². The van der Waals surface area contributed by atoms with Gasteiger partial charge in [0.25, 0.3) is 5.56 Å². The van der Waals surface area contributed by atoms with Gasteiger partial charge in [0.15, 0.2) is 15.9 Å². The van der Waals surface area contributed by atoms with Gasteiger partial charge in [-0.15, -0.1) is 0 Å². The van der Waals surface area contributed by atoms with Crippen molar-refractivity contribution in [2.45, 2.75) is 13.0 Å². The Morgan fingerprint density at radius 2 is 1.95 bits per heavy atom. The quantitative estimate of drug-likeness (QED) is 0.777. The second-order valence-electron chi connectivity index (χ2n) is 4.05. The van der Waals surface area contributed by atoms with Gasteiger partial charge >= 0.3 is 11.7 Å². The molecule has 2 aromatic rings. The first-order valence-corrected chi connectivity index (χ1v) is 6.17. The third-order valence-electron chi connectivity index (χ3n) is 2.85. The molecule has 0 radical (unpaired) electrons. The predicted octanol–water partition coefficient (Wildman–Crippen LogP) is -0.329. The molecular formula is C10H11BrN4O4. The zero-order valence-corrected chi connectivity index (χ0v) is 11.8. The number of carboxylic acid groups (broad SMARTS) is 1. The average molecular weight is 331 g/mol. The van der Waals surface area contributed by atoms with E-state index in [1.54, 1.807) is 0 Å². The molecule has 102 valence electrons. The second-order valence-corrected chi connectivity index (χ2v) is 4.76. The fraction of sp³-hybridized carbons (Fsp3) is 0.400. The number of aryl methyl sites for hydroxylation is 2. The van der Waals surface area contributed by atoms with Crippen molar-refractivity contribution >= 4 is 33.1 Å². The third-order valence-corrected chi connectivity index (χ3v) is 3.46. The highest BCUT2D eigenvalue weighted by Gasteiger charge is 2.18. The first-order valence-electron chi connectivity index (χ1n) is 5.38. The van der Waals surface area contributed by atoms with Crippen LogP contribution in [0.2, 0.25) is 0 Å². The Hall–Kier alpha value is -1.90. The SMILES string of the molecule is Cn1c(=O)c2c(nc(Br)n2CCC(=O)O)n(C)c1=O. The van der Waals surface area contributed by atoms with Gasteiger partial charge in [-0.2, -0.15) is 0 Å². The van der Waals surface area contributed by atoms with Gasteiger partial charge in [0.05, 0.1) is 6.42 Å². The van der Waals surface area contributed by atoms with Crippen molar-refractivity contribution < 1.29 is 9.90 Å². The molecule has 0 aliphatic rings. The first kappa shape index (κ1) is 13.5. The molecule has 0 aliphatic carbocycles. The average Bonchev–Trinajstić information content (AvgIpc) is 2.68. The van der Waals surface area contributed by atoms with E-state index in [2.05, 4.69) is 20.9 Å². The monoisotopic (exact) mass is 330 g/mol. The van der Waals surface area contributed by atoms with Gasteiger partial charge in [-0.1, -0.05) is 0 Å². The van der Waals surface area contributed by atoms with E-state index in [0.717, 1.165) is 4.57 Å². The molecule has 0 bridgehead atoms. The summed E-state index contributed by atoms with van der Waals surface area (Å²) in [4.78, 5) is 38.6. The van der Waals surface area contributed by atoms with Gasteiger partial charge < -0.3 is 9.67 Å². The molecule has 0 saturated carbocycles. The summed E-state index contributed by atoms with van der Waals surface area (Å²) in [6, 6.07) is 0. The van der Waals surface area contributed by atoms with Crippen LogP contribution in [0.25, 0.3) is 11.2 Å². The Balaban J connectivity index is 2.80. The van der Waals surface area contributed by atoms with Crippen LogP contribution in [0.5, 0.6) is 0 Å². The van der Waals surface area contributed by atoms with Crippen molar-refractivity contribution in [3.8, 4) is 0 Å². The lowest BCUT2D eigenvalue weighted by atomic mass is 10.4. The number of aliphatic carboxylic acids is 1. The highest BCUT2D eigenvalue weighted by Crippen LogP contribution is 2.16. The zero-order chi connectivity index (χ0) is 14.3. The summed E-state index contributed by atoms with van der Waals surface area (Å²) in [7, 11) is 2.87. The van der Waals surface area contributed by atoms with Crippen LogP contribution in [-0.4, -0.2) is 29.8 Å². The number of hydrogen-bond acceptors (Lipinski definition) is 4. The van der Waals surface area contributed by atoms with E-state index in [4.69, 9.17) is 5.11 Å². The molecular weight excluding hydrogens is 320 g/mol. The standard InChI is InChI=1S/C10H11BrN4O4/c1-13-7-6(8(18)14(2)10(13)19)15(9(11)12-7)4-3-5(16)17/h3-4H2,1-2H3,(H,16,17). The molecule has 1 N–H and O–H groups in total. The molecule has 8 nitrogen and oxygen atoms in total. The van der Waals surface area contributed by atoms with E-state index in [9.17, 15) is 14.4 Å². The molecule has 2 rings (SSSR count). The summed E-state index contributed by atoms with van der Waals surface area (Å²) in [5, 5.41) is 8.71. The number of hydrogen-bond donors (Lipinski definition) is 1. The highest BCUT2D eigenvalue weighted by molar-refractivity contribution is 9.10. The topological polar surface area (TPSA) is 99.1 Å². The number of fused-ring (bicyclic) bond motifs is 1. The summed E-state index contributed by atoms with van der Waals surface area (Å²) >= 11 is 3.17. The van der Waals surface area contributed by atoms with Crippen LogP contribution in [0.3, 0.4) is 0 Å². The summed E-state index contributed by atoms with van der Waals surface area (Å²) in [5.74, 6) is -0.976.